The number of nitrogens with one attached hydrogen (secondary N) is 1. The van der Waals surface area contributed by atoms with Crippen molar-refractivity contribution >= 4 is 5.91 Å². The third-order valence-corrected chi connectivity index (χ3v) is 4.68. The number of benzene rings is 1. The number of aromatic nitrogens is 1. The number of amides is 1. The number of rotatable bonds is 5. The van der Waals surface area contributed by atoms with Crippen molar-refractivity contribution < 1.29 is 13.6 Å². The second-order valence-corrected chi connectivity index (χ2v) is 6.34. The van der Waals surface area contributed by atoms with E-state index in [-0.39, 0.29) is 11.7 Å². The van der Waals surface area contributed by atoms with Crippen LogP contribution in [-0.2, 0) is 16.8 Å². The molecule has 0 bridgehead atoms. The number of furan rings is 1. The molecule has 0 aliphatic heterocycles. The Labute approximate surface area is 144 Å². The Kier molecular flexibility index (Phi) is 3.84. The van der Waals surface area contributed by atoms with Crippen molar-refractivity contribution in [3.8, 4) is 11.3 Å². The number of pyridine rings is 1. The third-order valence-electron chi connectivity index (χ3n) is 4.68. The Balaban J connectivity index is 1.41. The molecule has 1 N–H and O–H groups in total. The highest BCUT2D eigenvalue weighted by Gasteiger charge is 2.51. The molecule has 25 heavy (non-hydrogen) atoms. The van der Waals surface area contributed by atoms with Crippen LogP contribution in [-0.4, -0.2) is 10.9 Å². The first-order chi connectivity index (χ1) is 12.2. The van der Waals surface area contributed by atoms with Crippen LogP contribution < -0.4 is 5.32 Å². The van der Waals surface area contributed by atoms with Gasteiger partial charge in [0.15, 0.2) is 0 Å². The van der Waals surface area contributed by atoms with Gasteiger partial charge < -0.3 is 9.73 Å². The molecular weight excluding hydrogens is 319 g/mol. The fourth-order valence-electron chi connectivity index (χ4n) is 3.00. The molecule has 4 rings (SSSR count). The van der Waals surface area contributed by atoms with E-state index in [1.54, 1.807) is 30.9 Å². The zero-order valence-corrected chi connectivity index (χ0v) is 13.5. The van der Waals surface area contributed by atoms with Crippen LogP contribution in [0.2, 0.25) is 0 Å². The largest absolute Gasteiger partial charge is 0.472 e. The monoisotopic (exact) mass is 336 g/mol. The summed E-state index contributed by atoms with van der Waals surface area (Å²) in [7, 11) is 0. The highest BCUT2D eigenvalue weighted by Crippen LogP contribution is 2.48. The number of nitrogens with zero attached hydrogens (tertiary/aromatic N) is 1. The zero-order chi connectivity index (χ0) is 17.3. The van der Waals surface area contributed by atoms with E-state index in [0.29, 0.717) is 6.54 Å². The van der Waals surface area contributed by atoms with E-state index in [9.17, 15) is 9.18 Å². The summed E-state index contributed by atoms with van der Waals surface area (Å²) in [6, 6.07) is 11.9. The summed E-state index contributed by atoms with van der Waals surface area (Å²) in [5.41, 5.74) is 3.05. The summed E-state index contributed by atoms with van der Waals surface area (Å²) in [6.07, 6.45) is 6.59. The van der Waals surface area contributed by atoms with Gasteiger partial charge in [0.2, 0.25) is 5.91 Å². The molecule has 2 heterocycles. The molecule has 0 atom stereocenters. The minimum absolute atomic E-state index is 0.0157. The molecule has 1 saturated carbocycles. The maximum atomic E-state index is 13.1. The fraction of sp³-hybridized carbons (Fsp3) is 0.200. The van der Waals surface area contributed by atoms with Gasteiger partial charge in [0, 0.05) is 18.3 Å². The van der Waals surface area contributed by atoms with Crippen LogP contribution in [0, 0.1) is 5.82 Å². The van der Waals surface area contributed by atoms with Crippen LogP contribution in [0.5, 0.6) is 0 Å². The maximum absolute atomic E-state index is 13.1. The van der Waals surface area contributed by atoms with Crippen LogP contribution >= 0.6 is 0 Å². The molecule has 1 aliphatic carbocycles. The Bertz CT molecular complexity index is 867. The van der Waals surface area contributed by atoms with E-state index in [0.717, 1.165) is 35.2 Å². The van der Waals surface area contributed by atoms with E-state index in [4.69, 9.17) is 4.42 Å². The molecule has 1 amide bonds. The lowest BCUT2D eigenvalue weighted by molar-refractivity contribution is -0.123. The summed E-state index contributed by atoms with van der Waals surface area (Å²) in [5, 5.41) is 2.98. The van der Waals surface area contributed by atoms with Gasteiger partial charge in [0.25, 0.3) is 0 Å². The highest BCUT2D eigenvalue weighted by molar-refractivity contribution is 5.91. The van der Waals surface area contributed by atoms with Crippen molar-refractivity contribution in [2.24, 2.45) is 0 Å². The fourth-order valence-corrected chi connectivity index (χ4v) is 3.00. The Morgan fingerprint density at radius 2 is 1.96 bits per heavy atom. The molecule has 0 unspecified atom stereocenters. The molecule has 1 fully saturated rings. The molecule has 1 aromatic carbocycles. The van der Waals surface area contributed by atoms with Gasteiger partial charge in [-0.05, 0) is 48.2 Å². The van der Waals surface area contributed by atoms with Gasteiger partial charge in [-0.3, -0.25) is 9.78 Å². The average molecular weight is 336 g/mol. The van der Waals surface area contributed by atoms with Crippen molar-refractivity contribution in [3.05, 3.63) is 78.1 Å². The summed E-state index contributed by atoms with van der Waals surface area (Å²) < 4.78 is 18.1. The summed E-state index contributed by atoms with van der Waals surface area (Å²) >= 11 is 0. The summed E-state index contributed by atoms with van der Waals surface area (Å²) in [6.45, 7) is 0.417. The molecule has 3 aromatic rings. The van der Waals surface area contributed by atoms with Gasteiger partial charge in [0.1, 0.15) is 5.82 Å². The number of carbonyl (C=O) groups excluding carboxylic acids is 1. The minimum Gasteiger partial charge on any atom is -0.472 e. The van der Waals surface area contributed by atoms with Crippen LogP contribution in [0.4, 0.5) is 4.39 Å². The SMILES string of the molecule is O=C(NCc1ccc(-c2ccoc2)nc1)C1(c2ccc(F)cc2)CC1. The molecule has 0 spiro atoms. The van der Waals surface area contributed by atoms with Crippen molar-refractivity contribution in [1.82, 2.24) is 10.3 Å². The van der Waals surface area contributed by atoms with Gasteiger partial charge in [0.05, 0.1) is 23.6 Å². The third kappa shape index (κ3) is 3.05. The quantitative estimate of drug-likeness (QED) is 0.770. The standard InChI is InChI=1S/C20H17FN2O2/c21-17-4-2-16(3-5-17)20(8-9-20)19(24)23-12-14-1-6-18(22-11-14)15-7-10-25-13-15/h1-7,10-11,13H,8-9,12H2,(H,23,24). The molecule has 0 saturated heterocycles. The predicted octanol–water partition coefficient (Wildman–Crippen LogP) is 3.83. The average Bonchev–Trinajstić information content (AvgIpc) is 3.27. The van der Waals surface area contributed by atoms with Gasteiger partial charge in [-0.25, -0.2) is 4.39 Å². The Morgan fingerprint density at radius 3 is 2.56 bits per heavy atom. The van der Waals surface area contributed by atoms with Gasteiger partial charge in [-0.2, -0.15) is 0 Å². The van der Waals surface area contributed by atoms with Crippen LogP contribution in [0.25, 0.3) is 11.3 Å². The van der Waals surface area contributed by atoms with E-state index >= 15 is 0 Å². The lowest BCUT2D eigenvalue weighted by Crippen LogP contribution is -2.34. The maximum Gasteiger partial charge on any atom is 0.230 e. The first-order valence-corrected chi connectivity index (χ1v) is 8.19. The van der Waals surface area contributed by atoms with E-state index in [1.165, 1.54) is 12.1 Å². The van der Waals surface area contributed by atoms with Crippen LogP contribution in [0.1, 0.15) is 24.0 Å². The first kappa shape index (κ1) is 15.6. The molecule has 126 valence electrons. The van der Waals surface area contributed by atoms with E-state index in [1.807, 2.05) is 18.2 Å². The van der Waals surface area contributed by atoms with Crippen LogP contribution in [0.15, 0.2) is 65.6 Å². The van der Waals surface area contributed by atoms with Crippen molar-refractivity contribution in [2.45, 2.75) is 24.8 Å². The minimum atomic E-state index is -0.502. The number of halogens is 1. The van der Waals surface area contributed by atoms with Crippen LogP contribution in [0.3, 0.4) is 0 Å². The van der Waals surface area contributed by atoms with E-state index < -0.39 is 5.41 Å². The molecule has 2 aromatic heterocycles. The summed E-state index contributed by atoms with van der Waals surface area (Å²) in [5.74, 6) is -0.304. The second kappa shape index (κ2) is 6.16. The topological polar surface area (TPSA) is 55.1 Å². The number of carbonyl (C=O) groups is 1. The lowest BCUT2D eigenvalue weighted by Gasteiger charge is -2.16. The number of hydrogen-bond donors (Lipinski definition) is 1. The Morgan fingerprint density at radius 1 is 1.16 bits per heavy atom. The molecule has 5 heteroatoms. The molecule has 1 aliphatic rings. The second-order valence-electron chi connectivity index (χ2n) is 6.34. The molecule has 4 nitrogen and oxygen atoms in total. The van der Waals surface area contributed by atoms with Crippen molar-refractivity contribution in [1.29, 1.82) is 0 Å². The van der Waals surface area contributed by atoms with Gasteiger partial charge in [-0.15, -0.1) is 0 Å². The number of hydrogen-bond acceptors (Lipinski definition) is 3. The van der Waals surface area contributed by atoms with Crippen molar-refractivity contribution in [3.63, 3.8) is 0 Å². The van der Waals surface area contributed by atoms with E-state index in [2.05, 4.69) is 10.3 Å². The Hall–Kier alpha value is -2.95. The van der Waals surface area contributed by atoms with Gasteiger partial charge >= 0.3 is 0 Å². The van der Waals surface area contributed by atoms with Gasteiger partial charge in [-0.1, -0.05) is 18.2 Å². The zero-order valence-electron chi connectivity index (χ0n) is 13.5. The smallest absolute Gasteiger partial charge is 0.230 e. The first-order valence-electron chi connectivity index (χ1n) is 8.19. The molecule has 0 radical (unpaired) electrons. The lowest BCUT2D eigenvalue weighted by atomic mass is 9.95. The highest BCUT2D eigenvalue weighted by atomic mass is 19.1. The van der Waals surface area contributed by atoms with Crippen molar-refractivity contribution in [2.75, 3.05) is 0 Å². The predicted molar refractivity (Wildman–Crippen MR) is 91.1 cm³/mol. The normalized spacial score (nSPS) is 14.9. The molecular formula is C20H17FN2O2. The summed E-state index contributed by atoms with van der Waals surface area (Å²) in [4.78, 5) is 17.0.